The molecule has 1 fully saturated rings. The van der Waals surface area contributed by atoms with Crippen LogP contribution >= 0.6 is 11.8 Å². The molecule has 2 N–H and O–H groups in total. The van der Waals surface area contributed by atoms with Gasteiger partial charge in [0, 0.05) is 13.1 Å². The van der Waals surface area contributed by atoms with Crippen LogP contribution in [-0.2, 0) is 4.79 Å². The number of carbonyl (C=O) groups excluding carboxylic acids is 1. The van der Waals surface area contributed by atoms with Crippen molar-refractivity contribution in [2.24, 2.45) is 11.3 Å². The van der Waals surface area contributed by atoms with E-state index in [4.69, 9.17) is 0 Å². The number of nitrogens with one attached hydrogen (secondary N) is 2. The summed E-state index contributed by atoms with van der Waals surface area (Å²) < 4.78 is 0. The fourth-order valence-electron chi connectivity index (χ4n) is 2.54. The molecule has 17 heavy (non-hydrogen) atoms. The minimum Gasteiger partial charge on any atom is -0.355 e. The number of hydrogen-bond acceptors (Lipinski definition) is 3. The lowest BCUT2D eigenvalue weighted by molar-refractivity contribution is -0.130. The van der Waals surface area contributed by atoms with Crippen LogP contribution in [0, 0.1) is 11.3 Å². The van der Waals surface area contributed by atoms with E-state index in [1.807, 2.05) is 11.8 Å². The predicted molar refractivity (Wildman–Crippen MR) is 75.4 cm³/mol. The van der Waals surface area contributed by atoms with Gasteiger partial charge in [-0.3, -0.25) is 4.79 Å². The molecular weight excluding hydrogens is 232 g/mol. The second kappa shape index (κ2) is 7.27. The number of amides is 1. The molecule has 2 unspecified atom stereocenters. The van der Waals surface area contributed by atoms with Crippen molar-refractivity contribution in [2.75, 3.05) is 31.6 Å². The number of carbonyl (C=O) groups is 1. The van der Waals surface area contributed by atoms with E-state index in [9.17, 15) is 4.79 Å². The first-order valence-electron chi connectivity index (χ1n) is 6.62. The third-order valence-corrected chi connectivity index (χ3v) is 4.42. The molecule has 3 nitrogen and oxygen atoms in total. The van der Waals surface area contributed by atoms with Crippen LogP contribution in [0.2, 0.25) is 0 Å². The monoisotopic (exact) mass is 258 g/mol. The largest absolute Gasteiger partial charge is 0.355 e. The van der Waals surface area contributed by atoms with E-state index < -0.39 is 0 Å². The van der Waals surface area contributed by atoms with E-state index in [1.54, 1.807) is 0 Å². The van der Waals surface area contributed by atoms with Gasteiger partial charge < -0.3 is 10.6 Å². The summed E-state index contributed by atoms with van der Waals surface area (Å²) in [5, 5.41) is 6.47. The Morgan fingerprint density at radius 1 is 1.59 bits per heavy atom. The zero-order valence-electron chi connectivity index (χ0n) is 11.3. The quantitative estimate of drug-likeness (QED) is 0.732. The van der Waals surface area contributed by atoms with Crippen LogP contribution in [0.4, 0.5) is 0 Å². The number of hydrogen-bond donors (Lipinski definition) is 2. The lowest BCUT2D eigenvalue weighted by atomic mass is 9.81. The van der Waals surface area contributed by atoms with E-state index in [2.05, 4.69) is 30.7 Å². The van der Waals surface area contributed by atoms with Gasteiger partial charge in [0.2, 0.25) is 5.91 Å². The molecule has 1 heterocycles. The highest BCUT2D eigenvalue weighted by Gasteiger charge is 2.39. The fraction of sp³-hybridized carbons (Fsp3) is 0.923. The molecule has 1 rings (SSSR count). The topological polar surface area (TPSA) is 41.1 Å². The first kappa shape index (κ1) is 14.8. The highest BCUT2D eigenvalue weighted by Crippen LogP contribution is 2.31. The Labute approximate surface area is 109 Å². The van der Waals surface area contributed by atoms with E-state index >= 15 is 0 Å². The Balaban J connectivity index is 2.43. The summed E-state index contributed by atoms with van der Waals surface area (Å²) in [4.78, 5) is 12.3. The summed E-state index contributed by atoms with van der Waals surface area (Å²) in [5.41, 5.74) is -0.131. The molecule has 2 atom stereocenters. The van der Waals surface area contributed by atoms with Gasteiger partial charge in [-0.05, 0) is 37.3 Å². The van der Waals surface area contributed by atoms with Gasteiger partial charge in [-0.1, -0.05) is 20.3 Å². The van der Waals surface area contributed by atoms with Crippen molar-refractivity contribution in [3.8, 4) is 0 Å². The smallest absolute Gasteiger partial charge is 0.227 e. The Kier molecular flexibility index (Phi) is 6.34. The molecule has 1 aliphatic rings. The fourth-order valence-corrected chi connectivity index (χ4v) is 3.23. The minimum atomic E-state index is -0.131. The molecule has 0 saturated carbocycles. The maximum absolute atomic E-state index is 12.3. The van der Waals surface area contributed by atoms with Crippen LogP contribution in [0.1, 0.15) is 33.1 Å². The maximum atomic E-state index is 12.3. The summed E-state index contributed by atoms with van der Waals surface area (Å²) in [6.45, 7) is 6.99. The summed E-state index contributed by atoms with van der Waals surface area (Å²) in [6.07, 6.45) is 5.18. The summed E-state index contributed by atoms with van der Waals surface area (Å²) in [7, 11) is 0. The minimum absolute atomic E-state index is 0.131. The Bertz CT molecular complexity index is 240. The molecule has 1 amide bonds. The maximum Gasteiger partial charge on any atom is 0.227 e. The molecule has 0 aromatic heterocycles. The van der Waals surface area contributed by atoms with Gasteiger partial charge in [-0.25, -0.2) is 0 Å². The molecule has 0 aromatic carbocycles. The van der Waals surface area contributed by atoms with E-state index in [-0.39, 0.29) is 11.3 Å². The number of thioether (sulfide) groups is 1. The third-order valence-electron chi connectivity index (χ3n) is 3.52. The second-order valence-corrected chi connectivity index (χ2v) is 6.14. The zero-order valence-corrected chi connectivity index (χ0v) is 12.2. The molecule has 4 heteroatoms. The van der Waals surface area contributed by atoms with Crippen molar-refractivity contribution in [2.45, 2.75) is 33.1 Å². The lowest BCUT2D eigenvalue weighted by Crippen LogP contribution is -2.44. The molecule has 100 valence electrons. The molecule has 0 aliphatic carbocycles. The standard InChI is InChI=1S/C13H26N2OS/c1-4-5-13(6-7-14-10-13)12(16)15-8-11(2)9-17-3/h11,14H,4-10H2,1-3H3,(H,15,16). The van der Waals surface area contributed by atoms with Crippen LogP contribution in [0.15, 0.2) is 0 Å². The van der Waals surface area contributed by atoms with Gasteiger partial charge in [0.05, 0.1) is 5.41 Å². The average Bonchev–Trinajstić information content (AvgIpc) is 2.77. The van der Waals surface area contributed by atoms with Crippen molar-refractivity contribution >= 4 is 17.7 Å². The van der Waals surface area contributed by atoms with Gasteiger partial charge in [0.1, 0.15) is 0 Å². The first-order chi connectivity index (χ1) is 8.14. The van der Waals surface area contributed by atoms with E-state index in [0.29, 0.717) is 5.92 Å². The van der Waals surface area contributed by atoms with Gasteiger partial charge >= 0.3 is 0 Å². The Hall–Kier alpha value is -0.220. The molecule has 0 aromatic rings. The summed E-state index contributed by atoms with van der Waals surface area (Å²) in [5.74, 6) is 1.93. The van der Waals surface area contributed by atoms with Crippen LogP contribution < -0.4 is 10.6 Å². The Morgan fingerprint density at radius 2 is 2.35 bits per heavy atom. The first-order valence-corrected chi connectivity index (χ1v) is 8.02. The van der Waals surface area contributed by atoms with Gasteiger partial charge in [-0.2, -0.15) is 11.8 Å². The van der Waals surface area contributed by atoms with Crippen molar-refractivity contribution in [1.82, 2.24) is 10.6 Å². The molecule has 1 aliphatic heterocycles. The highest BCUT2D eigenvalue weighted by atomic mass is 32.2. The van der Waals surface area contributed by atoms with Crippen molar-refractivity contribution in [3.05, 3.63) is 0 Å². The van der Waals surface area contributed by atoms with Gasteiger partial charge in [0.15, 0.2) is 0 Å². The highest BCUT2D eigenvalue weighted by molar-refractivity contribution is 7.98. The molecular formula is C13H26N2OS. The van der Waals surface area contributed by atoms with Gasteiger partial charge in [-0.15, -0.1) is 0 Å². The molecule has 0 radical (unpaired) electrons. The van der Waals surface area contributed by atoms with Crippen molar-refractivity contribution in [3.63, 3.8) is 0 Å². The van der Waals surface area contributed by atoms with Crippen LogP contribution in [0.5, 0.6) is 0 Å². The predicted octanol–water partition coefficient (Wildman–Crippen LogP) is 1.88. The molecule has 0 spiro atoms. The van der Waals surface area contributed by atoms with Crippen LogP contribution in [-0.4, -0.2) is 37.6 Å². The van der Waals surface area contributed by atoms with Gasteiger partial charge in [0.25, 0.3) is 0 Å². The SMILES string of the molecule is CCCC1(C(=O)NCC(C)CSC)CCNC1. The second-order valence-electron chi connectivity index (χ2n) is 5.23. The molecule has 0 bridgehead atoms. The lowest BCUT2D eigenvalue weighted by Gasteiger charge is -2.27. The zero-order chi connectivity index (χ0) is 12.7. The summed E-state index contributed by atoms with van der Waals surface area (Å²) >= 11 is 1.84. The summed E-state index contributed by atoms with van der Waals surface area (Å²) in [6, 6.07) is 0. The number of rotatable bonds is 7. The third kappa shape index (κ3) is 4.18. The van der Waals surface area contributed by atoms with Crippen molar-refractivity contribution < 1.29 is 4.79 Å². The normalized spacial score (nSPS) is 25.8. The van der Waals surface area contributed by atoms with E-state index in [0.717, 1.165) is 44.6 Å². The van der Waals surface area contributed by atoms with E-state index in [1.165, 1.54) is 0 Å². The Morgan fingerprint density at radius 3 is 2.88 bits per heavy atom. The van der Waals surface area contributed by atoms with Crippen LogP contribution in [0.25, 0.3) is 0 Å². The van der Waals surface area contributed by atoms with Crippen LogP contribution in [0.3, 0.4) is 0 Å². The molecule has 1 saturated heterocycles. The average molecular weight is 258 g/mol. The van der Waals surface area contributed by atoms with Crippen molar-refractivity contribution in [1.29, 1.82) is 0 Å².